The minimum Gasteiger partial charge on any atom is -0.486 e. The van der Waals surface area contributed by atoms with E-state index in [4.69, 9.17) is 14.6 Å². The van der Waals surface area contributed by atoms with Crippen molar-refractivity contribution >= 4 is 23.5 Å². The van der Waals surface area contributed by atoms with Crippen LogP contribution in [0, 0.1) is 0 Å². The van der Waals surface area contributed by atoms with Crippen molar-refractivity contribution in [3.05, 3.63) is 42.5 Å². The molecule has 0 fully saturated rings. The van der Waals surface area contributed by atoms with Crippen LogP contribution in [0.15, 0.2) is 52.3 Å². The molecule has 0 saturated carbocycles. The molecule has 0 atom stereocenters. The van der Waals surface area contributed by atoms with Crippen molar-refractivity contribution in [3.8, 4) is 11.5 Å². The predicted molar refractivity (Wildman–Crippen MR) is 92.1 cm³/mol. The smallest absolute Gasteiger partial charge is 0.319 e. The summed E-state index contributed by atoms with van der Waals surface area (Å²) < 4.78 is 11.2. The Labute approximate surface area is 144 Å². The zero-order valence-electron chi connectivity index (χ0n) is 13.0. The minimum absolute atomic E-state index is 0.111. The van der Waals surface area contributed by atoms with Crippen molar-refractivity contribution in [1.29, 1.82) is 0 Å². The number of benzene rings is 2. The van der Waals surface area contributed by atoms with Gasteiger partial charge in [-0.15, -0.1) is 0 Å². The Balaban J connectivity index is 1.87. The fourth-order valence-electron chi connectivity index (χ4n) is 2.20. The van der Waals surface area contributed by atoms with Gasteiger partial charge in [0.1, 0.15) is 13.2 Å². The molecule has 1 aliphatic rings. The molecule has 0 aromatic heterocycles. The van der Waals surface area contributed by atoms with E-state index in [1.807, 2.05) is 36.4 Å². The minimum atomic E-state index is -0.379. The summed E-state index contributed by atoms with van der Waals surface area (Å²) in [5, 5.41) is 14.2. The third-order valence-corrected chi connectivity index (χ3v) is 4.33. The van der Waals surface area contributed by atoms with Crippen LogP contribution in [0.5, 0.6) is 11.5 Å². The quantitative estimate of drug-likeness (QED) is 0.776. The Morgan fingerprint density at radius 2 is 1.83 bits per heavy atom. The highest BCUT2D eigenvalue weighted by Gasteiger charge is 2.18. The van der Waals surface area contributed by atoms with Gasteiger partial charge in [0.25, 0.3) is 0 Å². The number of carbonyl (C=O) groups is 1. The van der Waals surface area contributed by atoms with Gasteiger partial charge in [0, 0.05) is 28.5 Å². The van der Waals surface area contributed by atoms with Crippen molar-refractivity contribution < 1.29 is 19.4 Å². The van der Waals surface area contributed by atoms with E-state index in [1.165, 1.54) is 11.8 Å². The van der Waals surface area contributed by atoms with Crippen LogP contribution in [0.1, 0.15) is 0 Å². The van der Waals surface area contributed by atoms with E-state index in [0.29, 0.717) is 30.4 Å². The summed E-state index contributed by atoms with van der Waals surface area (Å²) >= 11 is 1.53. The van der Waals surface area contributed by atoms with Gasteiger partial charge in [-0.2, -0.15) is 0 Å². The highest BCUT2D eigenvalue weighted by atomic mass is 32.2. The molecule has 3 rings (SSSR count). The first kappa shape index (κ1) is 16.5. The van der Waals surface area contributed by atoms with Crippen molar-refractivity contribution in [2.75, 3.05) is 31.7 Å². The Kier molecular flexibility index (Phi) is 5.45. The molecule has 2 amide bonds. The second-order valence-corrected chi connectivity index (χ2v) is 6.13. The van der Waals surface area contributed by atoms with E-state index in [1.54, 1.807) is 6.07 Å². The monoisotopic (exact) mass is 346 g/mol. The van der Waals surface area contributed by atoms with Gasteiger partial charge in [0.15, 0.2) is 11.5 Å². The SMILES string of the molecule is O=C(NCCO)Nc1cc2c(cc1Sc1ccccc1)OCCO2. The lowest BCUT2D eigenvalue weighted by atomic mass is 10.2. The molecule has 2 aromatic carbocycles. The van der Waals surface area contributed by atoms with Crippen molar-refractivity contribution in [2.24, 2.45) is 0 Å². The van der Waals surface area contributed by atoms with Crippen LogP contribution in [0.4, 0.5) is 10.5 Å². The third kappa shape index (κ3) is 4.12. The Morgan fingerprint density at radius 3 is 2.54 bits per heavy atom. The second kappa shape index (κ2) is 7.94. The Bertz CT molecular complexity index is 709. The first-order valence-electron chi connectivity index (χ1n) is 7.58. The summed E-state index contributed by atoms with van der Waals surface area (Å²) in [5.41, 5.74) is 0.628. The number of urea groups is 1. The maximum atomic E-state index is 11.9. The predicted octanol–water partition coefficient (Wildman–Crippen LogP) is 2.72. The number of rotatable bonds is 5. The molecule has 7 heteroatoms. The number of fused-ring (bicyclic) bond motifs is 1. The molecule has 2 aromatic rings. The highest BCUT2D eigenvalue weighted by molar-refractivity contribution is 7.99. The van der Waals surface area contributed by atoms with Gasteiger partial charge in [-0.1, -0.05) is 30.0 Å². The number of amides is 2. The molecule has 3 N–H and O–H groups in total. The number of hydrogen-bond donors (Lipinski definition) is 3. The molecule has 1 aliphatic heterocycles. The molecule has 0 bridgehead atoms. The summed E-state index contributed by atoms with van der Waals surface area (Å²) in [5.74, 6) is 1.28. The van der Waals surface area contributed by atoms with E-state index in [-0.39, 0.29) is 19.2 Å². The van der Waals surface area contributed by atoms with Crippen molar-refractivity contribution in [1.82, 2.24) is 5.32 Å². The molecule has 6 nitrogen and oxygen atoms in total. The maximum Gasteiger partial charge on any atom is 0.319 e. The molecular weight excluding hydrogens is 328 g/mol. The first-order valence-corrected chi connectivity index (χ1v) is 8.40. The van der Waals surface area contributed by atoms with Gasteiger partial charge < -0.3 is 25.2 Å². The average molecular weight is 346 g/mol. The zero-order chi connectivity index (χ0) is 16.8. The van der Waals surface area contributed by atoms with Gasteiger partial charge in [0.2, 0.25) is 0 Å². The summed E-state index contributed by atoms with van der Waals surface area (Å²) in [6.45, 7) is 1.07. The first-order chi connectivity index (χ1) is 11.8. The summed E-state index contributed by atoms with van der Waals surface area (Å²) in [6.07, 6.45) is 0. The standard InChI is InChI=1S/C17H18N2O4S/c20-7-6-18-17(21)19-13-10-14-15(23-9-8-22-14)11-16(13)24-12-4-2-1-3-5-12/h1-5,10-11,20H,6-9H2,(H2,18,19,21). The summed E-state index contributed by atoms with van der Waals surface area (Å²) in [4.78, 5) is 13.8. The molecule has 1 heterocycles. The van der Waals surface area contributed by atoms with Gasteiger partial charge in [-0.3, -0.25) is 0 Å². The van der Waals surface area contributed by atoms with E-state index in [9.17, 15) is 4.79 Å². The van der Waals surface area contributed by atoms with E-state index < -0.39 is 0 Å². The maximum absolute atomic E-state index is 11.9. The largest absolute Gasteiger partial charge is 0.486 e. The number of anilines is 1. The number of aliphatic hydroxyl groups excluding tert-OH is 1. The van der Waals surface area contributed by atoms with Crippen molar-refractivity contribution in [3.63, 3.8) is 0 Å². The molecule has 0 unspecified atom stereocenters. The lowest BCUT2D eigenvalue weighted by Crippen LogP contribution is -2.31. The zero-order valence-corrected chi connectivity index (χ0v) is 13.8. The lowest BCUT2D eigenvalue weighted by molar-refractivity contribution is 0.171. The van der Waals surface area contributed by atoms with Crippen LogP contribution >= 0.6 is 11.8 Å². The van der Waals surface area contributed by atoms with E-state index in [0.717, 1.165) is 9.79 Å². The van der Waals surface area contributed by atoms with Crippen LogP contribution in [0.25, 0.3) is 0 Å². The molecule has 24 heavy (non-hydrogen) atoms. The molecular formula is C17H18N2O4S. The van der Waals surface area contributed by atoms with Gasteiger partial charge in [-0.25, -0.2) is 4.79 Å². The van der Waals surface area contributed by atoms with Crippen LogP contribution in [-0.4, -0.2) is 37.5 Å². The normalized spacial score (nSPS) is 12.5. The summed E-state index contributed by atoms with van der Waals surface area (Å²) in [6, 6.07) is 13.1. The number of ether oxygens (including phenoxy) is 2. The fourth-order valence-corrected chi connectivity index (χ4v) is 3.14. The average Bonchev–Trinajstić information content (AvgIpc) is 2.61. The molecule has 126 valence electrons. The molecule has 0 spiro atoms. The topological polar surface area (TPSA) is 79.8 Å². The Hall–Kier alpha value is -2.38. The van der Waals surface area contributed by atoms with E-state index >= 15 is 0 Å². The number of nitrogens with one attached hydrogen (secondary N) is 2. The third-order valence-electron chi connectivity index (χ3n) is 3.26. The molecule has 0 saturated heterocycles. The Morgan fingerprint density at radius 1 is 1.12 bits per heavy atom. The summed E-state index contributed by atoms with van der Waals surface area (Å²) in [7, 11) is 0. The van der Waals surface area contributed by atoms with Crippen LogP contribution in [0.2, 0.25) is 0 Å². The number of hydrogen-bond acceptors (Lipinski definition) is 5. The second-order valence-electron chi connectivity index (χ2n) is 5.01. The van der Waals surface area contributed by atoms with Crippen LogP contribution in [0.3, 0.4) is 0 Å². The lowest BCUT2D eigenvalue weighted by Gasteiger charge is -2.21. The highest BCUT2D eigenvalue weighted by Crippen LogP contribution is 2.42. The van der Waals surface area contributed by atoms with Crippen LogP contribution < -0.4 is 20.1 Å². The van der Waals surface area contributed by atoms with Crippen LogP contribution in [-0.2, 0) is 0 Å². The van der Waals surface area contributed by atoms with Crippen molar-refractivity contribution in [2.45, 2.75) is 9.79 Å². The number of carbonyl (C=O) groups excluding carboxylic acids is 1. The molecule has 0 radical (unpaired) electrons. The molecule has 0 aliphatic carbocycles. The van der Waals surface area contributed by atoms with Gasteiger partial charge in [0.05, 0.1) is 12.3 Å². The van der Waals surface area contributed by atoms with Gasteiger partial charge in [-0.05, 0) is 12.1 Å². The van der Waals surface area contributed by atoms with E-state index in [2.05, 4.69) is 10.6 Å². The number of aliphatic hydroxyl groups is 1. The fraction of sp³-hybridized carbons (Fsp3) is 0.235. The van der Waals surface area contributed by atoms with Gasteiger partial charge >= 0.3 is 6.03 Å².